The SMILES string of the molecule is CCn1c(CNC(=O)c2nc3cc[nH]c3nc2N)[n+](C)c2ccc(F)cc21.[Cl-]. The smallest absolute Gasteiger partial charge is 0.276 e. The fourth-order valence-electron chi connectivity index (χ4n) is 3.32. The molecule has 3 heterocycles. The molecule has 0 bridgehead atoms. The number of nitrogens with zero attached hydrogens (tertiary/aromatic N) is 4. The second-order valence-electron chi connectivity index (χ2n) is 6.20. The molecule has 8 nitrogen and oxygen atoms in total. The first-order valence-corrected chi connectivity index (χ1v) is 8.55. The topological polar surface area (TPSA) is 105 Å². The number of imidazole rings is 1. The van der Waals surface area contributed by atoms with Crippen molar-refractivity contribution in [2.24, 2.45) is 7.05 Å². The Balaban J connectivity index is 0.00000225. The molecule has 0 fully saturated rings. The second-order valence-corrected chi connectivity index (χ2v) is 6.20. The minimum atomic E-state index is -0.415. The van der Waals surface area contributed by atoms with E-state index < -0.39 is 5.91 Å². The van der Waals surface area contributed by atoms with Crippen LogP contribution in [0.15, 0.2) is 30.5 Å². The number of nitrogens with one attached hydrogen (secondary N) is 2. The number of halogens is 2. The van der Waals surface area contributed by atoms with Crippen molar-refractivity contribution in [2.45, 2.75) is 20.0 Å². The van der Waals surface area contributed by atoms with Crippen LogP contribution < -0.4 is 28.0 Å². The van der Waals surface area contributed by atoms with Gasteiger partial charge in [0.1, 0.15) is 17.9 Å². The molecule has 4 aromatic rings. The zero-order valence-electron chi connectivity index (χ0n) is 15.3. The summed E-state index contributed by atoms with van der Waals surface area (Å²) in [5, 5.41) is 2.84. The molecule has 0 saturated carbocycles. The molecule has 1 amide bonds. The maximum atomic E-state index is 13.7. The lowest BCUT2D eigenvalue weighted by atomic mass is 10.3. The van der Waals surface area contributed by atoms with Gasteiger partial charge in [0.25, 0.3) is 11.7 Å². The van der Waals surface area contributed by atoms with E-state index in [4.69, 9.17) is 5.73 Å². The number of nitrogen functional groups attached to an aromatic ring is 1. The third kappa shape index (κ3) is 3.13. The Morgan fingerprint density at radius 2 is 2.14 bits per heavy atom. The largest absolute Gasteiger partial charge is 1.00 e. The molecule has 0 unspecified atom stereocenters. The molecule has 0 saturated heterocycles. The standard InChI is InChI=1S/C18H18FN7O.ClH/c1-3-26-13-8-10(19)4-5-12(13)25(2)14(26)9-22-18(27)15-16(20)24-17-11(23-15)6-7-21-17;/h4-8H,3,9H2,1-2H3,(H3-,20,21,22,23,24,27);1H. The molecule has 0 spiro atoms. The molecule has 10 heteroatoms. The monoisotopic (exact) mass is 403 g/mol. The maximum Gasteiger partial charge on any atom is 0.276 e. The predicted octanol–water partition coefficient (Wildman–Crippen LogP) is -1.59. The van der Waals surface area contributed by atoms with Crippen molar-refractivity contribution in [3.8, 4) is 0 Å². The molecule has 28 heavy (non-hydrogen) atoms. The maximum absolute atomic E-state index is 13.7. The number of aryl methyl sites for hydroxylation is 2. The fraction of sp³-hybridized carbons (Fsp3) is 0.222. The molecule has 0 aliphatic rings. The van der Waals surface area contributed by atoms with Gasteiger partial charge in [-0.05, 0) is 25.1 Å². The molecule has 0 aliphatic heterocycles. The highest BCUT2D eigenvalue weighted by molar-refractivity contribution is 5.98. The number of nitrogens with two attached hydrogens (primary N) is 1. The van der Waals surface area contributed by atoms with Gasteiger partial charge in [-0.25, -0.2) is 23.5 Å². The lowest BCUT2D eigenvalue weighted by Crippen LogP contribution is -3.00. The predicted molar refractivity (Wildman–Crippen MR) is 98.2 cm³/mol. The van der Waals surface area contributed by atoms with Gasteiger partial charge in [0.05, 0.1) is 13.6 Å². The van der Waals surface area contributed by atoms with E-state index in [1.54, 1.807) is 18.3 Å². The summed E-state index contributed by atoms with van der Waals surface area (Å²) in [6.07, 6.45) is 1.69. The first-order valence-electron chi connectivity index (χ1n) is 8.55. The highest BCUT2D eigenvalue weighted by Crippen LogP contribution is 2.17. The quantitative estimate of drug-likeness (QED) is 0.357. The number of hydrogen-bond acceptors (Lipinski definition) is 4. The van der Waals surface area contributed by atoms with Crippen molar-refractivity contribution in [1.29, 1.82) is 0 Å². The third-order valence-electron chi connectivity index (χ3n) is 4.64. The van der Waals surface area contributed by atoms with Gasteiger partial charge in [-0.15, -0.1) is 0 Å². The minimum absolute atomic E-state index is 0. The van der Waals surface area contributed by atoms with Crippen molar-refractivity contribution in [3.05, 3.63) is 47.8 Å². The van der Waals surface area contributed by atoms with E-state index >= 15 is 0 Å². The number of rotatable bonds is 4. The number of aromatic amines is 1. The lowest BCUT2D eigenvalue weighted by Gasteiger charge is -2.06. The summed E-state index contributed by atoms with van der Waals surface area (Å²) >= 11 is 0. The Bertz CT molecular complexity index is 1180. The van der Waals surface area contributed by atoms with Gasteiger partial charge < -0.3 is 28.4 Å². The number of amides is 1. The van der Waals surface area contributed by atoms with Gasteiger partial charge in [0.15, 0.2) is 28.2 Å². The highest BCUT2D eigenvalue weighted by atomic mass is 35.5. The first-order chi connectivity index (χ1) is 13.0. The van der Waals surface area contributed by atoms with Crippen LogP contribution in [0.1, 0.15) is 23.2 Å². The Morgan fingerprint density at radius 1 is 1.36 bits per heavy atom. The summed E-state index contributed by atoms with van der Waals surface area (Å²) in [5.74, 6) is 0.182. The van der Waals surface area contributed by atoms with Gasteiger partial charge in [0, 0.05) is 12.3 Å². The van der Waals surface area contributed by atoms with Gasteiger partial charge in [-0.2, -0.15) is 0 Å². The summed E-state index contributed by atoms with van der Waals surface area (Å²) in [4.78, 5) is 23.9. The molecular formula is C18H19ClFN7O. The molecule has 1 aromatic carbocycles. The van der Waals surface area contributed by atoms with Crippen LogP contribution in [0, 0.1) is 5.82 Å². The van der Waals surface area contributed by atoms with Crippen LogP contribution in [0.2, 0.25) is 0 Å². The second kappa shape index (κ2) is 7.43. The highest BCUT2D eigenvalue weighted by Gasteiger charge is 2.23. The van der Waals surface area contributed by atoms with E-state index in [2.05, 4.69) is 20.3 Å². The van der Waals surface area contributed by atoms with Crippen LogP contribution in [0.4, 0.5) is 10.2 Å². The Kier molecular flexibility index (Phi) is 5.19. The average Bonchev–Trinajstić information content (AvgIpc) is 3.20. The van der Waals surface area contributed by atoms with Gasteiger partial charge in [-0.1, -0.05) is 0 Å². The number of carbonyl (C=O) groups is 1. The molecule has 146 valence electrons. The third-order valence-corrected chi connectivity index (χ3v) is 4.64. The van der Waals surface area contributed by atoms with Crippen LogP contribution in [-0.2, 0) is 20.1 Å². The van der Waals surface area contributed by atoms with E-state index in [9.17, 15) is 9.18 Å². The first kappa shape index (κ1) is 19.6. The summed E-state index contributed by atoms with van der Waals surface area (Å²) in [6, 6.07) is 6.37. The summed E-state index contributed by atoms with van der Waals surface area (Å²) in [7, 11) is 1.88. The van der Waals surface area contributed by atoms with E-state index in [0.29, 0.717) is 17.7 Å². The molecule has 0 aliphatic carbocycles. The number of benzene rings is 1. The van der Waals surface area contributed by atoms with Crippen molar-refractivity contribution in [1.82, 2.24) is 24.8 Å². The van der Waals surface area contributed by atoms with Crippen molar-refractivity contribution in [2.75, 3.05) is 5.73 Å². The van der Waals surface area contributed by atoms with Gasteiger partial charge in [-0.3, -0.25) is 4.79 Å². The molecule has 4 rings (SSSR count). The van der Waals surface area contributed by atoms with Gasteiger partial charge in [0.2, 0.25) is 0 Å². The van der Waals surface area contributed by atoms with E-state index in [-0.39, 0.29) is 36.3 Å². The van der Waals surface area contributed by atoms with Crippen LogP contribution in [-0.4, -0.2) is 25.4 Å². The number of hydrogen-bond donors (Lipinski definition) is 3. The number of fused-ring (bicyclic) bond motifs is 2. The summed E-state index contributed by atoms with van der Waals surface area (Å²) in [5.41, 5.74) is 8.71. The van der Waals surface area contributed by atoms with Crippen molar-refractivity contribution < 1.29 is 26.2 Å². The summed E-state index contributed by atoms with van der Waals surface area (Å²) in [6.45, 7) is 2.86. The Labute approximate surface area is 166 Å². The molecule has 4 N–H and O–H groups in total. The average molecular weight is 404 g/mol. The van der Waals surface area contributed by atoms with Crippen LogP contribution in [0.5, 0.6) is 0 Å². The van der Waals surface area contributed by atoms with E-state index in [1.165, 1.54) is 12.1 Å². The summed E-state index contributed by atoms with van der Waals surface area (Å²) < 4.78 is 17.5. The number of H-pyrrole nitrogens is 1. The van der Waals surface area contributed by atoms with E-state index in [0.717, 1.165) is 16.9 Å². The Hall–Kier alpha value is -3.20. The fourth-order valence-corrected chi connectivity index (χ4v) is 3.32. The minimum Gasteiger partial charge on any atom is -1.00 e. The van der Waals surface area contributed by atoms with Crippen LogP contribution >= 0.6 is 0 Å². The Morgan fingerprint density at radius 3 is 2.89 bits per heavy atom. The van der Waals surface area contributed by atoms with Crippen LogP contribution in [0.3, 0.4) is 0 Å². The van der Waals surface area contributed by atoms with Crippen LogP contribution in [0.25, 0.3) is 22.2 Å². The molecular weight excluding hydrogens is 385 g/mol. The zero-order valence-corrected chi connectivity index (χ0v) is 16.1. The molecule has 0 atom stereocenters. The van der Waals surface area contributed by atoms with Crippen molar-refractivity contribution in [3.63, 3.8) is 0 Å². The van der Waals surface area contributed by atoms with E-state index in [1.807, 2.05) is 23.1 Å². The van der Waals surface area contributed by atoms with Crippen molar-refractivity contribution >= 4 is 33.9 Å². The van der Waals surface area contributed by atoms with Gasteiger partial charge >= 0.3 is 0 Å². The molecule has 3 aromatic heterocycles. The molecule has 0 radical (unpaired) electrons. The lowest BCUT2D eigenvalue weighted by molar-refractivity contribution is -0.654. The normalized spacial score (nSPS) is 11.0. The number of carbonyl (C=O) groups excluding carboxylic acids is 1. The number of anilines is 1. The zero-order chi connectivity index (χ0) is 19.1. The number of aromatic nitrogens is 5.